The molecule has 0 radical (unpaired) electrons. The highest BCUT2D eigenvalue weighted by Crippen LogP contribution is 2.68. The zero-order valence-corrected chi connectivity index (χ0v) is 18.3. The van der Waals surface area contributed by atoms with Crippen LogP contribution in [0.5, 0.6) is 0 Å². The first kappa shape index (κ1) is 21.6. The van der Waals surface area contributed by atoms with E-state index < -0.39 is 12.1 Å². The third-order valence-electron chi connectivity index (χ3n) is 10.4. The number of fused-ring (bicyclic) bond motifs is 5. The standard InChI is InChI=1S/C24H40O5/c1-13(19(26)12-21(28)29)16-4-5-17-22-18(7-9-24(16,17)3)23(2)8-6-15(25)10-14(23)11-20(22)27/h13-20,22,25-27H,4-12H2,1-3H3,(H,28,29)/t13-,14-,15+,16+,17-,18-,19?,20+,22-,23-,24+/m0/s1. The molecule has 0 spiro atoms. The Bertz CT molecular complexity index is 637. The largest absolute Gasteiger partial charge is 0.481 e. The molecule has 0 heterocycles. The van der Waals surface area contributed by atoms with E-state index in [-0.39, 0.29) is 35.4 Å². The van der Waals surface area contributed by atoms with Crippen molar-refractivity contribution in [1.29, 1.82) is 0 Å². The third kappa shape index (κ3) is 3.36. The van der Waals surface area contributed by atoms with Crippen molar-refractivity contribution in [1.82, 2.24) is 0 Å². The monoisotopic (exact) mass is 408 g/mol. The summed E-state index contributed by atoms with van der Waals surface area (Å²) in [6.07, 6.45) is 6.40. The average molecular weight is 409 g/mol. The highest BCUT2D eigenvalue weighted by atomic mass is 16.4. The fourth-order valence-corrected chi connectivity index (χ4v) is 8.74. The van der Waals surface area contributed by atoms with Crippen LogP contribution in [0.1, 0.15) is 78.6 Å². The summed E-state index contributed by atoms with van der Waals surface area (Å²) in [5.41, 5.74) is 0.287. The second kappa shape index (κ2) is 7.49. The van der Waals surface area contributed by atoms with E-state index >= 15 is 0 Å². The van der Waals surface area contributed by atoms with Gasteiger partial charge < -0.3 is 20.4 Å². The molecule has 0 bridgehead atoms. The molecule has 5 nitrogen and oxygen atoms in total. The number of hydrogen-bond acceptors (Lipinski definition) is 4. The Morgan fingerprint density at radius 3 is 2.34 bits per heavy atom. The predicted molar refractivity (Wildman–Crippen MR) is 110 cm³/mol. The molecule has 11 atom stereocenters. The molecule has 1 unspecified atom stereocenters. The Labute approximate surface area is 174 Å². The van der Waals surface area contributed by atoms with Crippen molar-refractivity contribution in [3.8, 4) is 0 Å². The SMILES string of the molecule is C[C@H](C(O)CC(=O)O)[C@H]1CC[C@H]2[C@@H]3[C@H](O)C[C@@H]4C[C@H](O)CC[C@]4(C)[C@H]3CC[C@]12C. The summed E-state index contributed by atoms with van der Waals surface area (Å²) in [5.74, 6) is 1.03. The van der Waals surface area contributed by atoms with Crippen molar-refractivity contribution >= 4 is 5.97 Å². The lowest BCUT2D eigenvalue weighted by Gasteiger charge is -2.62. The highest BCUT2D eigenvalue weighted by molar-refractivity contribution is 5.67. The van der Waals surface area contributed by atoms with Gasteiger partial charge in [0.25, 0.3) is 0 Å². The average Bonchev–Trinajstić information content (AvgIpc) is 2.99. The topological polar surface area (TPSA) is 98.0 Å². The molecule has 29 heavy (non-hydrogen) atoms. The van der Waals surface area contributed by atoms with Crippen LogP contribution < -0.4 is 0 Å². The molecule has 4 aliphatic rings. The van der Waals surface area contributed by atoms with Crippen molar-refractivity contribution < 1.29 is 25.2 Å². The molecule has 4 rings (SSSR count). The molecule has 0 amide bonds. The maximum atomic E-state index is 11.2. The van der Waals surface area contributed by atoms with Gasteiger partial charge in [-0.3, -0.25) is 4.79 Å². The molecule has 4 saturated carbocycles. The van der Waals surface area contributed by atoms with Crippen molar-refractivity contribution in [2.75, 3.05) is 0 Å². The molecule has 0 aromatic heterocycles. The minimum atomic E-state index is -0.936. The van der Waals surface area contributed by atoms with E-state index in [1.807, 2.05) is 6.92 Å². The van der Waals surface area contributed by atoms with Gasteiger partial charge in [-0.25, -0.2) is 0 Å². The Morgan fingerprint density at radius 2 is 1.66 bits per heavy atom. The number of carboxylic acids is 1. The summed E-state index contributed by atoms with van der Waals surface area (Å²) < 4.78 is 0. The van der Waals surface area contributed by atoms with Gasteiger partial charge in [-0.05, 0) is 97.7 Å². The molecular formula is C24H40O5. The summed E-state index contributed by atoms with van der Waals surface area (Å²) in [5, 5.41) is 41.1. The van der Waals surface area contributed by atoms with Crippen LogP contribution in [0.15, 0.2) is 0 Å². The van der Waals surface area contributed by atoms with Crippen LogP contribution in [0.2, 0.25) is 0 Å². The summed E-state index contributed by atoms with van der Waals surface area (Å²) in [7, 11) is 0. The van der Waals surface area contributed by atoms with Crippen LogP contribution in [-0.2, 0) is 4.79 Å². The van der Waals surface area contributed by atoms with E-state index in [1.165, 1.54) is 0 Å². The van der Waals surface area contributed by atoms with Gasteiger partial charge in [0.05, 0.1) is 24.7 Å². The van der Waals surface area contributed by atoms with Crippen LogP contribution in [0.3, 0.4) is 0 Å². The van der Waals surface area contributed by atoms with E-state index in [2.05, 4.69) is 13.8 Å². The van der Waals surface area contributed by atoms with Crippen LogP contribution in [0.4, 0.5) is 0 Å². The quantitative estimate of drug-likeness (QED) is 0.571. The zero-order valence-electron chi connectivity index (χ0n) is 18.3. The van der Waals surface area contributed by atoms with Gasteiger partial charge in [0.15, 0.2) is 0 Å². The van der Waals surface area contributed by atoms with Gasteiger partial charge in [0.2, 0.25) is 0 Å². The lowest BCUT2D eigenvalue weighted by atomic mass is 9.43. The zero-order chi connectivity index (χ0) is 21.1. The first-order valence-corrected chi connectivity index (χ1v) is 11.8. The van der Waals surface area contributed by atoms with Crippen molar-refractivity contribution in [2.45, 2.75) is 96.9 Å². The van der Waals surface area contributed by atoms with E-state index in [9.17, 15) is 20.1 Å². The Morgan fingerprint density at radius 1 is 1.00 bits per heavy atom. The summed E-state index contributed by atoms with van der Waals surface area (Å²) in [6, 6.07) is 0. The van der Waals surface area contributed by atoms with Gasteiger partial charge >= 0.3 is 5.97 Å². The van der Waals surface area contributed by atoms with Crippen molar-refractivity contribution in [3.63, 3.8) is 0 Å². The molecule has 0 aromatic rings. The van der Waals surface area contributed by atoms with E-state index in [0.29, 0.717) is 29.6 Å². The Kier molecular flexibility index (Phi) is 5.57. The molecule has 5 heteroatoms. The summed E-state index contributed by atoms with van der Waals surface area (Å²) in [4.78, 5) is 11.1. The lowest BCUT2D eigenvalue weighted by molar-refractivity contribution is -0.175. The number of carbonyl (C=O) groups is 1. The minimum Gasteiger partial charge on any atom is -0.481 e. The molecular weight excluding hydrogens is 368 g/mol. The van der Waals surface area contributed by atoms with E-state index in [4.69, 9.17) is 5.11 Å². The maximum absolute atomic E-state index is 11.2. The van der Waals surface area contributed by atoms with E-state index in [1.54, 1.807) is 0 Å². The van der Waals surface area contributed by atoms with Crippen LogP contribution in [-0.4, -0.2) is 44.7 Å². The highest BCUT2D eigenvalue weighted by Gasteiger charge is 2.63. The molecule has 0 aliphatic heterocycles. The smallest absolute Gasteiger partial charge is 0.305 e. The Balaban J connectivity index is 1.57. The number of aliphatic hydroxyl groups excluding tert-OH is 3. The summed E-state index contributed by atoms with van der Waals surface area (Å²) >= 11 is 0. The molecule has 166 valence electrons. The van der Waals surface area contributed by atoms with Gasteiger partial charge in [0.1, 0.15) is 0 Å². The number of aliphatic carboxylic acids is 1. The second-order valence-corrected chi connectivity index (χ2v) is 11.5. The predicted octanol–water partition coefficient (Wildman–Crippen LogP) is 3.45. The minimum absolute atomic E-state index is 0.0356. The number of hydrogen-bond donors (Lipinski definition) is 4. The third-order valence-corrected chi connectivity index (χ3v) is 10.4. The number of carboxylic acid groups (broad SMARTS) is 1. The normalized spacial score (nSPS) is 51.4. The maximum Gasteiger partial charge on any atom is 0.305 e. The lowest BCUT2D eigenvalue weighted by Crippen LogP contribution is -2.58. The molecule has 4 N–H and O–H groups in total. The van der Waals surface area contributed by atoms with Gasteiger partial charge in [0, 0.05) is 0 Å². The first-order valence-electron chi connectivity index (χ1n) is 11.8. The molecule has 4 aliphatic carbocycles. The van der Waals surface area contributed by atoms with Crippen molar-refractivity contribution in [3.05, 3.63) is 0 Å². The molecule has 0 saturated heterocycles. The van der Waals surface area contributed by atoms with E-state index in [0.717, 1.165) is 51.4 Å². The Hall–Kier alpha value is -0.650. The fourth-order valence-electron chi connectivity index (χ4n) is 8.74. The van der Waals surface area contributed by atoms with Crippen LogP contribution in [0.25, 0.3) is 0 Å². The second-order valence-electron chi connectivity index (χ2n) is 11.5. The first-order chi connectivity index (χ1) is 13.6. The number of rotatable bonds is 4. The van der Waals surface area contributed by atoms with Gasteiger partial charge in [-0.1, -0.05) is 20.8 Å². The van der Waals surface area contributed by atoms with Gasteiger partial charge in [-0.15, -0.1) is 0 Å². The van der Waals surface area contributed by atoms with Crippen LogP contribution in [0, 0.1) is 46.3 Å². The fraction of sp³-hybridized carbons (Fsp3) is 0.958. The van der Waals surface area contributed by atoms with Gasteiger partial charge in [-0.2, -0.15) is 0 Å². The van der Waals surface area contributed by atoms with Crippen LogP contribution >= 0.6 is 0 Å². The number of aliphatic hydroxyl groups is 3. The van der Waals surface area contributed by atoms with Crippen molar-refractivity contribution in [2.24, 2.45) is 46.3 Å². The molecule has 4 fully saturated rings. The summed E-state index contributed by atoms with van der Waals surface area (Å²) in [6.45, 7) is 6.79. The molecule has 0 aromatic carbocycles.